The molecule has 1 aliphatic rings. The van der Waals surface area contributed by atoms with E-state index < -0.39 is 7.43 Å². The van der Waals surface area contributed by atoms with Crippen LogP contribution < -0.4 is 0 Å². The van der Waals surface area contributed by atoms with Crippen molar-refractivity contribution in [1.82, 2.24) is 4.78 Å². The van der Waals surface area contributed by atoms with Crippen LogP contribution in [0, 0.1) is 5.82 Å². The first-order chi connectivity index (χ1) is 6.18. The summed E-state index contributed by atoms with van der Waals surface area (Å²) in [5.41, 5.74) is 0.913. The molecule has 1 atom stereocenters. The fraction of sp³-hybridized carbons (Fsp3) is 0.125. The summed E-state index contributed by atoms with van der Waals surface area (Å²) in [4.78, 5) is 0. The molecule has 68 valence electrons. The molecule has 1 aromatic rings. The van der Waals surface area contributed by atoms with E-state index in [0.29, 0.717) is 0 Å². The fourth-order valence-corrected chi connectivity index (χ4v) is 1.93. The van der Waals surface area contributed by atoms with E-state index in [9.17, 15) is 4.39 Å². The Balaban J connectivity index is 2.12. The van der Waals surface area contributed by atoms with Crippen molar-refractivity contribution in [2.45, 2.75) is 0 Å². The summed E-state index contributed by atoms with van der Waals surface area (Å²) in [5, 5.41) is 4.08. The summed E-state index contributed by atoms with van der Waals surface area (Å²) < 4.78 is 14.3. The Hall–Kier alpha value is -0.660. The van der Waals surface area contributed by atoms with Gasteiger partial charge in [0.2, 0.25) is 0 Å². The molecule has 1 heterocycles. The summed E-state index contributed by atoms with van der Waals surface area (Å²) in [6.07, 6.45) is 0. The monoisotopic (exact) mass is 216 g/mol. The van der Waals surface area contributed by atoms with Crippen molar-refractivity contribution in [1.29, 1.82) is 0 Å². The zero-order valence-electron chi connectivity index (χ0n) is 6.91. The number of rotatable bonds is 2. The zero-order valence-corrected chi connectivity index (χ0v) is 8.56. The molecule has 0 radical (unpaired) electrons. The Kier molecular flexibility index (Phi) is 2.22. The number of halogens is 2. The lowest BCUT2D eigenvalue weighted by atomic mass is 10.2. The van der Waals surface area contributed by atoms with Gasteiger partial charge < -0.3 is 0 Å². The molecular formula is C8H7ClFN2P. The predicted molar refractivity (Wildman–Crippen MR) is 53.5 cm³/mol. The van der Waals surface area contributed by atoms with Crippen LogP contribution in [0.3, 0.4) is 0 Å². The number of hydrogen-bond acceptors (Lipinski definition) is 2. The predicted octanol–water partition coefficient (Wildman–Crippen LogP) is 2.98. The second kappa shape index (κ2) is 3.24. The van der Waals surface area contributed by atoms with Crippen LogP contribution in [0.2, 0.25) is 0 Å². The maximum atomic E-state index is 12.6. The molecule has 13 heavy (non-hydrogen) atoms. The van der Waals surface area contributed by atoms with E-state index >= 15 is 0 Å². The minimum Gasteiger partial charge on any atom is -0.207 e. The highest BCUT2D eigenvalue weighted by atomic mass is 35.7. The Morgan fingerprint density at radius 1 is 1.38 bits per heavy atom. The first-order valence-corrected chi connectivity index (χ1v) is 6.37. The molecule has 1 unspecified atom stereocenters. The average Bonchev–Trinajstić information content (AvgIpc) is 2.85. The van der Waals surface area contributed by atoms with Crippen molar-refractivity contribution < 1.29 is 4.39 Å². The molecule has 0 fully saturated rings. The summed E-state index contributed by atoms with van der Waals surface area (Å²) in [5.74, 6) is 0.616. The summed E-state index contributed by atoms with van der Waals surface area (Å²) in [7, 11) is -0.711. The second-order valence-corrected chi connectivity index (χ2v) is 5.40. The van der Waals surface area contributed by atoms with Crippen LogP contribution in [-0.2, 0) is 0 Å². The maximum Gasteiger partial charge on any atom is 0.181 e. The van der Waals surface area contributed by atoms with E-state index in [1.54, 1.807) is 16.9 Å². The van der Waals surface area contributed by atoms with E-state index in [4.69, 9.17) is 11.2 Å². The molecule has 0 saturated carbocycles. The summed E-state index contributed by atoms with van der Waals surface area (Å²) in [6.45, 7) is 1.90. The van der Waals surface area contributed by atoms with Crippen molar-refractivity contribution in [3.05, 3.63) is 35.6 Å². The topological polar surface area (TPSA) is 15.4 Å². The lowest BCUT2D eigenvalue weighted by molar-refractivity contribution is 0.628. The molecule has 0 aromatic heterocycles. The Bertz CT molecular complexity index is 350. The Labute approximate surface area is 81.6 Å². The van der Waals surface area contributed by atoms with Gasteiger partial charge >= 0.3 is 0 Å². The van der Waals surface area contributed by atoms with Crippen LogP contribution in [0.15, 0.2) is 29.4 Å². The molecular weight excluding hydrogens is 210 g/mol. The van der Waals surface area contributed by atoms with Gasteiger partial charge in [-0.1, -0.05) is 11.2 Å². The highest BCUT2D eigenvalue weighted by Gasteiger charge is 2.29. The lowest BCUT2D eigenvalue weighted by Crippen LogP contribution is -1.97. The molecule has 1 aromatic carbocycles. The molecule has 5 heteroatoms. The number of benzene rings is 1. The molecule has 0 spiro atoms. The van der Waals surface area contributed by atoms with E-state index in [0.717, 1.165) is 11.4 Å². The van der Waals surface area contributed by atoms with Crippen LogP contribution in [0.4, 0.5) is 4.39 Å². The third kappa shape index (κ3) is 1.82. The normalized spacial score (nSPS) is 16.8. The van der Waals surface area contributed by atoms with Crippen molar-refractivity contribution in [3.63, 3.8) is 0 Å². The molecule has 0 N–H and O–H groups in total. The maximum absolute atomic E-state index is 12.6. The van der Waals surface area contributed by atoms with Gasteiger partial charge in [0.25, 0.3) is 0 Å². The molecule has 0 bridgehead atoms. The van der Waals surface area contributed by atoms with Crippen LogP contribution in [0.25, 0.3) is 0 Å². The van der Waals surface area contributed by atoms with E-state index in [1.807, 2.05) is 6.66 Å². The van der Waals surface area contributed by atoms with Gasteiger partial charge in [-0.05, 0) is 30.9 Å². The smallest absolute Gasteiger partial charge is 0.181 e. The lowest BCUT2D eigenvalue weighted by Gasteiger charge is -2.02. The van der Waals surface area contributed by atoms with Crippen molar-refractivity contribution >= 4 is 24.5 Å². The van der Waals surface area contributed by atoms with Gasteiger partial charge in [-0.15, -0.1) is 5.10 Å². The number of amidine groups is 1. The van der Waals surface area contributed by atoms with Gasteiger partial charge in [0, 0.05) is 5.56 Å². The summed E-state index contributed by atoms with van der Waals surface area (Å²) >= 11 is 5.85. The second-order valence-electron chi connectivity index (χ2n) is 2.66. The Morgan fingerprint density at radius 3 is 2.46 bits per heavy atom. The quantitative estimate of drug-likeness (QED) is 0.694. The SMILES string of the molecule is CP(Cl)N1N=C1c1ccc(F)cc1. The van der Waals surface area contributed by atoms with Crippen molar-refractivity contribution in [2.75, 3.05) is 6.66 Å². The molecule has 1 aliphatic heterocycles. The van der Waals surface area contributed by atoms with Gasteiger partial charge in [0.1, 0.15) is 13.2 Å². The van der Waals surface area contributed by atoms with Crippen LogP contribution >= 0.6 is 18.7 Å². The highest BCUT2D eigenvalue weighted by molar-refractivity contribution is 7.82. The number of nitrogens with zero attached hydrogens (tertiary/aromatic N) is 2. The molecule has 0 aliphatic carbocycles. The van der Waals surface area contributed by atoms with Gasteiger partial charge in [0.05, 0.1) is 0 Å². The molecule has 2 rings (SSSR count). The minimum atomic E-state index is -0.711. The molecule has 0 amide bonds. The molecule has 0 saturated heterocycles. The van der Waals surface area contributed by atoms with E-state index in [1.165, 1.54) is 12.1 Å². The van der Waals surface area contributed by atoms with Gasteiger partial charge in [0.15, 0.2) is 5.84 Å². The van der Waals surface area contributed by atoms with Crippen LogP contribution in [-0.4, -0.2) is 17.3 Å². The first kappa shape index (κ1) is 8.92. The first-order valence-electron chi connectivity index (χ1n) is 3.72. The van der Waals surface area contributed by atoms with Crippen molar-refractivity contribution in [3.8, 4) is 0 Å². The number of hydrogen-bond donors (Lipinski definition) is 0. The Morgan fingerprint density at radius 2 is 2.00 bits per heavy atom. The van der Waals surface area contributed by atoms with Crippen LogP contribution in [0.5, 0.6) is 0 Å². The third-order valence-electron chi connectivity index (χ3n) is 1.70. The van der Waals surface area contributed by atoms with E-state index in [-0.39, 0.29) is 5.82 Å². The molecule has 2 nitrogen and oxygen atoms in total. The van der Waals surface area contributed by atoms with Crippen molar-refractivity contribution in [2.24, 2.45) is 5.10 Å². The highest BCUT2D eigenvalue weighted by Crippen LogP contribution is 2.48. The number of hydrazone groups is 1. The third-order valence-corrected chi connectivity index (χ3v) is 2.93. The summed E-state index contributed by atoms with van der Waals surface area (Å²) in [6, 6.07) is 6.23. The van der Waals surface area contributed by atoms with Gasteiger partial charge in [-0.3, -0.25) is 0 Å². The fourth-order valence-electron chi connectivity index (χ4n) is 1.03. The van der Waals surface area contributed by atoms with Gasteiger partial charge in [-0.2, -0.15) is 0 Å². The van der Waals surface area contributed by atoms with Crippen LogP contribution in [0.1, 0.15) is 5.56 Å². The average molecular weight is 217 g/mol. The minimum absolute atomic E-state index is 0.235. The van der Waals surface area contributed by atoms with E-state index in [2.05, 4.69) is 5.10 Å². The largest absolute Gasteiger partial charge is 0.207 e. The van der Waals surface area contributed by atoms with Gasteiger partial charge in [-0.25, -0.2) is 9.17 Å². The standard InChI is InChI=1S/C8H7ClFN2P/c1-13(9)12-8(11-12)6-2-4-7(10)5-3-6/h2-5H,1H3. The zero-order chi connectivity index (χ0) is 9.42.